The topological polar surface area (TPSA) is 70.7 Å². The van der Waals surface area contributed by atoms with Gasteiger partial charge < -0.3 is 14.4 Å². The van der Waals surface area contributed by atoms with Crippen molar-refractivity contribution in [1.82, 2.24) is 20.0 Å². The maximum Gasteiger partial charge on any atom is 0.236 e. The van der Waals surface area contributed by atoms with Gasteiger partial charge in [0.2, 0.25) is 5.91 Å². The van der Waals surface area contributed by atoms with E-state index in [1.165, 1.54) is 0 Å². The number of benzene rings is 1. The maximum atomic E-state index is 12.6. The molecular formula is C21H28N4O3. The lowest BCUT2D eigenvalue weighted by Crippen LogP contribution is -2.46. The van der Waals surface area contributed by atoms with E-state index in [-0.39, 0.29) is 5.91 Å². The molecule has 2 aliphatic heterocycles. The van der Waals surface area contributed by atoms with Gasteiger partial charge in [0.15, 0.2) is 0 Å². The molecule has 0 aliphatic carbocycles. The van der Waals surface area contributed by atoms with E-state index < -0.39 is 0 Å². The Morgan fingerprint density at radius 3 is 2.79 bits per heavy atom. The molecule has 2 fully saturated rings. The van der Waals surface area contributed by atoms with E-state index in [1.807, 2.05) is 29.3 Å². The standard InChI is InChI=1S/C21H28N4O3/c1-27-18-4-2-3-17(13-18)19-14-22-23-21(19)16-5-7-25(8-6-16)20(26)15-24-9-11-28-12-10-24/h2-4,13-14,16H,5-12,15H2,1H3,(H,22,23). The van der Waals surface area contributed by atoms with Crippen LogP contribution in [0.4, 0.5) is 0 Å². The summed E-state index contributed by atoms with van der Waals surface area (Å²) in [7, 11) is 1.68. The molecule has 7 nitrogen and oxygen atoms in total. The highest BCUT2D eigenvalue weighted by Crippen LogP contribution is 2.34. The highest BCUT2D eigenvalue weighted by molar-refractivity contribution is 5.78. The SMILES string of the molecule is COc1cccc(-c2cn[nH]c2C2CCN(C(=O)CN3CCOCC3)CC2)c1. The summed E-state index contributed by atoms with van der Waals surface area (Å²) in [5.41, 5.74) is 3.39. The second-order valence-corrected chi connectivity index (χ2v) is 7.47. The van der Waals surface area contributed by atoms with E-state index in [1.54, 1.807) is 7.11 Å². The Kier molecular flexibility index (Phi) is 5.92. The zero-order valence-corrected chi connectivity index (χ0v) is 16.4. The monoisotopic (exact) mass is 384 g/mol. The molecule has 0 bridgehead atoms. The number of H-pyrrole nitrogens is 1. The number of piperidine rings is 1. The number of nitrogens with one attached hydrogen (secondary N) is 1. The first-order chi connectivity index (χ1) is 13.7. The number of ether oxygens (including phenoxy) is 2. The Labute approximate surface area is 165 Å². The largest absolute Gasteiger partial charge is 0.497 e. The number of likely N-dealkylation sites (tertiary alicyclic amines) is 1. The summed E-state index contributed by atoms with van der Waals surface area (Å²) in [6, 6.07) is 8.06. The van der Waals surface area contributed by atoms with Gasteiger partial charge in [0.25, 0.3) is 0 Å². The molecule has 1 N–H and O–H groups in total. The Balaban J connectivity index is 1.38. The van der Waals surface area contributed by atoms with Gasteiger partial charge in [0.05, 0.1) is 33.1 Å². The number of aromatic amines is 1. The zero-order valence-electron chi connectivity index (χ0n) is 16.4. The molecule has 0 atom stereocenters. The number of hydrogen-bond donors (Lipinski definition) is 1. The summed E-state index contributed by atoms with van der Waals surface area (Å²) < 4.78 is 10.7. The van der Waals surface area contributed by atoms with Crippen molar-refractivity contribution in [1.29, 1.82) is 0 Å². The van der Waals surface area contributed by atoms with Crippen molar-refractivity contribution in [2.75, 3.05) is 53.0 Å². The van der Waals surface area contributed by atoms with Gasteiger partial charge in [-0.15, -0.1) is 0 Å². The van der Waals surface area contributed by atoms with Crippen LogP contribution >= 0.6 is 0 Å². The molecule has 2 saturated heterocycles. The summed E-state index contributed by atoms with van der Waals surface area (Å²) in [5.74, 6) is 1.46. The second-order valence-electron chi connectivity index (χ2n) is 7.47. The molecule has 1 amide bonds. The van der Waals surface area contributed by atoms with Gasteiger partial charge in [0, 0.05) is 43.4 Å². The fourth-order valence-corrected chi connectivity index (χ4v) is 4.10. The minimum Gasteiger partial charge on any atom is -0.497 e. The fraction of sp³-hybridized carbons (Fsp3) is 0.524. The molecule has 2 aliphatic rings. The van der Waals surface area contributed by atoms with Crippen LogP contribution < -0.4 is 4.74 Å². The van der Waals surface area contributed by atoms with Crippen molar-refractivity contribution >= 4 is 5.91 Å². The third kappa shape index (κ3) is 4.20. The summed E-state index contributed by atoms with van der Waals surface area (Å²) in [6.45, 7) is 5.24. The quantitative estimate of drug-likeness (QED) is 0.855. The van der Waals surface area contributed by atoms with E-state index in [2.05, 4.69) is 21.2 Å². The molecule has 0 radical (unpaired) electrons. The van der Waals surface area contributed by atoms with E-state index in [0.29, 0.717) is 12.5 Å². The predicted molar refractivity (Wildman–Crippen MR) is 106 cm³/mol. The van der Waals surface area contributed by atoms with Crippen LogP contribution in [0.5, 0.6) is 5.75 Å². The average Bonchev–Trinajstić information content (AvgIpc) is 3.24. The first-order valence-corrected chi connectivity index (χ1v) is 10.00. The van der Waals surface area contributed by atoms with Crippen LogP contribution in [0.2, 0.25) is 0 Å². The summed E-state index contributed by atoms with van der Waals surface area (Å²) in [5, 5.41) is 7.50. The molecule has 28 heavy (non-hydrogen) atoms. The Morgan fingerprint density at radius 2 is 2.04 bits per heavy atom. The molecule has 2 aromatic rings. The molecule has 0 unspecified atom stereocenters. The van der Waals surface area contributed by atoms with Gasteiger partial charge in [-0.1, -0.05) is 12.1 Å². The third-order valence-electron chi connectivity index (χ3n) is 5.77. The number of carbonyl (C=O) groups is 1. The summed E-state index contributed by atoms with van der Waals surface area (Å²) in [4.78, 5) is 16.8. The molecule has 4 rings (SSSR count). The first kappa shape index (κ1) is 19.0. The highest BCUT2D eigenvalue weighted by atomic mass is 16.5. The van der Waals surface area contributed by atoms with E-state index in [9.17, 15) is 4.79 Å². The number of rotatable bonds is 5. The number of hydrogen-bond acceptors (Lipinski definition) is 5. The molecule has 1 aromatic heterocycles. The van der Waals surface area contributed by atoms with E-state index >= 15 is 0 Å². The molecule has 1 aromatic carbocycles. The fourth-order valence-electron chi connectivity index (χ4n) is 4.10. The predicted octanol–water partition coefficient (Wildman–Crippen LogP) is 2.12. The van der Waals surface area contributed by atoms with E-state index in [0.717, 1.165) is 74.8 Å². The van der Waals surface area contributed by atoms with Crippen molar-refractivity contribution < 1.29 is 14.3 Å². The number of nitrogens with zero attached hydrogens (tertiary/aromatic N) is 3. The van der Waals surface area contributed by atoms with Gasteiger partial charge in [0.1, 0.15) is 5.75 Å². The molecule has 3 heterocycles. The lowest BCUT2D eigenvalue weighted by molar-refractivity contribution is -0.134. The number of carbonyl (C=O) groups excluding carboxylic acids is 1. The molecule has 150 valence electrons. The Hall–Kier alpha value is -2.38. The summed E-state index contributed by atoms with van der Waals surface area (Å²) >= 11 is 0. The number of amides is 1. The molecule has 0 saturated carbocycles. The van der Waals surface area contributed by atoms with Crippen molar-refractivity contribution in [3.8, 4) is 16.9 Å². The third-order valence-corrected chi connectivity index (χ3v) is 5.77. The van der Waals surface area contributed by atoms with Gasteiger partial charge >= 0.3 is 0 Å². The summed E-state index contributed by atoms with van der Waals surface area (Å²) in [6.07, 6.45) is 3.79. The lowest BCUT2D eigenvalue weighted by atomic mass is 9.89. The number of methoxy groups -OCH3 is 1. The second kappa shape index (κ2) is 8.75. The van der Waals surface area contributed by atoms with Crippen molar-refractivity contribution in [2.24, 2.45) is 0 Å². The minimum absolute atomic E-state index is 0.234. The van der Waals surface area contributed by atoms with Crippen LogP contribution in [0, 0.1) is 0 Å². The van der Waals surface area contributed by atoms with Crippen LogP contribution in [0.3, 0.4) is 0 Å². The van der Waals surface area contributed by atoms with Crippen LogP contribution in [0.15, 0.2) is 30.5 Å². The van der Waals surface area contributed by atoms with Crippen molar-refractivity contribution in [2.45, 2.75) is 18.8 Å². The van der Waals surface area contributed by atoms with Crippen LogP contribution in [-0.2, 0) is 9.53 Å². The Morgan fingerprint density at radius 1 is 1.25 bits per heavy atom. The van der Waals surface area contributed by atoms with Gasteiger partial charge in [-0.2, -0.15) is 5.10 Å². The van der Waals surface area contributed by atoms with Crippen LogP contribution in [0.1, 0.15) is 24.5 Å². The number of morpholine rings is 1. The minimum atomic E-state index is 0.234. The molecule has 7 heteroatoms. The first-order valence-electron chi connectivity index (χ1n) is 10.00. The Bertz CT molecular complexity index is 792. The number of aromatic nitrogens is 2. The van der Waals surface area contributed by atoms with Crippen LogP contribution in [-0.4, -0.2) is 79.0 Å². The van der Waals surface area contributed by atoms with E-state index in [4.69, 9.17) is 9.47 Å². The van der Waals surface area contributed by atoms with Crippen LogP contribution in [0.25, 0.3) is 11.1 Å². The lowest BCUT2D eigenvalue weighted by Gasteiger charge is -2.34. The normalized spacial score (nSPS) is 19.0. The maximum absolute atomic E-state index is 12.6. The van der Waals surface area contributed by atoms with Gasteiger partial charge in [-0.05, 0) is 30.5 Å². The molecular weight excluding hydrogens is 356 g/mol. The highest BCUT2D eigenvalue weighted by Gasteiger charge is 2.27. The smallest absolute Gasteiger partial charge is 0.236 e. The zero-order chi connectivity index (χ0) is 19.3. The van der Waals surface area contributed by atoms with Gasteiger partial charge in [-0.3, -0.25) is 14.8 Å². The van der Waals surface area contributed by atoms with Crippen molar-refractivity contribution in [3.63, 3.8) is 0 Å². The molecule has 0 spiro atoms. The van der Waals surface area contributed by atoms with Crippen molar-refractivity contribution in [3.05, 3.63) is 36.2 Å². The van der Waals surface area contributed by atoms with Gasteiger partial charge in [-0.25, -0.2) is 0 Å². The average molecular weight is 384 g/mol.